The van der Waals surface area contributed by atoms with Crippen LogP contribution in [0.4, 0.5) is 4.79 Å². The number of allylic oxidation sites excluding steroid dienone is 2. The van der Waals surface area contributed by atoms with Crippen LogP contribution in [0.1, 0.15) is 178 Å². The molecule has 5 unspecified atom stereocenters. The molecule has 2 bridgehead atoms. The summed E-state index contributed by atoms with van der Waals surface area (Å²) in [5, 5.41) is 31.5. The molecular weight excluding hydrogens is 1300 g/mol. The number of urea groups is 1. The zero-order valence-electron chi connectivity index (χ0n) is 59.6. The number of amides is 6. The molecule has 7 heterocycles. The van der Waals surface area contributed by atoms with Gasteiger partial charge in [-0.15, -0.1) is 0 Å². The van der Waals surface area contributed by atoms with Crippen LogP contribution in [0.5, 0.6) is 0 Å². The first-order valence-electron chi connectivity index (χ1n) is 35.8. The Morgan fingerprint density at radius 3 is 2.32 bits per heavy atom. The van der Waals surface area contributed by atoms with Gasteiger partial charge >= 0.3 is 12.0 Å². The molecule has 96 heavy (non-hydrogen) atoms. The predicted molar refractivity (Wildman–Crippen MR) is 380 cm³/mol. The van der Waals surface area contributed by atoms with E-state index in [4.69, 9.17) is 37.6 Å². The fourth-order valence-corrected chi connectivity index (χ4v) is 19.3. The van der Waals surface area contributed by atoms with Crippen LogP contribution in [0.2, 0.25) is 18.1 Å². The standard InChI is InChI=1S/C71H116N6O15S3Si/c1-14-43(2)64-46(5)28-31-70(91-64)40-51-38-50(90-70)27-26-45(4)63(44(3)21-20-22-49-41-86-66-65(92-96(12,13)69(8,9)10)47(6)37-52(67(82)88-51)71(49,66)84)89-60-39-54(85-11)61(48(7)87-60)76-59(81)29-33-73-56(78)24-16-15-19-32-72-58(80)30-35-94-95-36-34-74-57(79)25-18-17-23-55-62-53(42-93-55)75-68(83)77-62/h20-22,26,37,43-44,46,48,50-55,60-66,84H,14-19,23-25,27-36,38-42H2,1-13H3,(H,72,80)(H,73,78)(H,74,79)(H,76,81)(H2,75,77,83)/b21-20+,45-26+,49-22+/t43?,44-,46-,48-,50+,51-,52-,53?,54-,55-,60-,61-,62?,63?,64+,65+,66?,70+,71+/m0/s1. The number of rotatable bonds is 29. The Hall–Kier alpha value is -3.47. The number of esters is 1. The van der Waals surface area contributed by atoms with Gasteiger partial charge < -0.3 is 74.6 Å². The van der Waals surface area contributed by atoms with Crippen molar-refractivity contribution in [1.29, 1.82) is 0 Å². The van der Waals surface area contributed by atoms with Gasteiger partial charge in [-0.25, -0.2) is 4.79 Å². The van der Waals surface area contributed by atoms with Gasteiger partial charge in [-0.3, -0.25) is 24.0 Å². The lowest BCUT2D eigenvalue weighted by atomic mass is 9.71. The zero-order valence-corrected chi connectivity index (χ0v) is 63.0. The number of methoxy groups -OCH3 is 1. The van der Waals surface area contributed by atoms with Crippen LogP contribution < -0.4 is 31.9 Å². The van der Waals surface area contributed by atoms with Gasteiger partial charge in [-0.1, -0.05) is 120 Å². The van der Waals surface area contributed by atoms with E-state index < -0.39 is 80.5 Å². The van der Waals surface area contributed by atoms with Gasteiger partial charge in [0.25, 0.3) is 0 Å². The largest absolute Gasteiger partial charge is 0.462 e. The highest BCUT2D eigenvalue weighted by Crippen LogP contribution is 2.50. The van der Waals surface area contributed by atoms with Crippen LogP contribution >= 0.6 is 33.3 Å². The van der Waals surface area contributed by atoms with Crippen molar-refractivity contribution < 1.29 is 71.5 Å². The van der Waals surface area contributed by atoms with Gasteiger partial charge in [0.2, 0.25) is 23.6 Å². The number of thioether (sulfide) groups is 1. The number of aliphatic hydroxyl groups is 1. The smallest absolute Gasteiger partial charge is 0.316 e. The molecule has 21 nitrogen and oxygen atoms in total. The Balaban J connectivity index is 0.782. The molecule has 7 aliphatic heterocycles. The Bertz CT molecular complexity index is 2770. The quantitative estimate of drug-likeness (QED) is 0.00916. The molecular formula is C71H116N6O15S3Si. The lowest BCUT2D eigenvalue weighted by Crippen LogP contribution is -2.60. The number of fused-ring (bicyclic) bond motifs is 3. The first-order valence-corrected chi connectivity index (χ1v) is 42.3. The Morgan fingerprint density at radius 1 is 0.865 bits per heavy atom. The molecule has 7 N–H and O–H groups in total. The Labute approximate surface area is 585 Å². The van der Waals surface area contributed by atoms with E-state index in [0.29, 0.717) is 99.3 Å². The summed E-state index contributed by atoms with van der Waals surface area (Å²) in [4.78, 5) is 77.5. The predicted octanol–water partition coefficient (Wildman–Crippen LogP) is 10.0. The van der Waals surface area contributed by atoms with E-state index in [9.17, 15) is 33.9 Å². The molecule has 8 rings (SSSR count). The van der Waals surface area contributed by atoms with E-state index in [1.165, 1.54) is 0 Å². The fourth-order valence-electron chi connectivity index (χ4n) is 14.5. The summed E-state index contributed by atoms with van der Waals surface area (Å²) < 4.78 is 54.2. The molecule has 25 heteroatoms. The van der Waals surface area contributed by atoms with Crippen molar-refractivity contribution in [2.24, 2.45) is 23.7 Å². The summed E-state index contributed by atoms with van der Waals surface area (Å²) in [5.74, 6) is -0.0891. The van der Waals surface area contributed by atoms with Gasteiger partial charge in [-0.05, 0) is 106 Å². The van der Waals surface area contributed by atoms with Crippen molar-refractivity contribution in [3.05, 3.63) is 47.1 Å². The first-order chi connectivity index (χ1) is 45.6. The van der Waals surface area contributed by atoms with E-state index in [2.05, 4.69) is 106 Å². The molecule has 19 atom stereocenters. The van der Waals surface area contributed by atoms with Gasteiger partial charge in [0.1, 0.15) is 23.7 Å². The summed E-state index contributed by atoms with van der Waals surface area (Å²) in [6.45, 7) is 27.0. The van der Waals surface area contributed by atoms with E-state index in [1.807, 2.05) is 49.9 Å². The number of unbranched alkanes of at least 4 members (excludes halogenated alkanes) is 3. The van der Waals surface area contributed by atoms with Crippen molar-refractivity contribution in [2.45, 2.75) is 286 Å². The number of carbonyl (C=O) groups is 6. The molecule has 6 saturated heterocycles. The van der Waals surface area contributed by atoms with E-state index in [0.717, 1.165) is 67.6 Å². The van der Waals surface area contributed by atoms with E-state index in [-0.39, 0.29) is 84.5 Å². The van der Waals surface area contributed by atoms with Gasteiger partial charge in [-0.2, -0.15) is 11.8 Å². The number of hydrogen-bond acceptors (Lipinski definition) is 18. The first kappa shape index (κ1) is 78.3. The summed E-state index contributed by atoms with van der Waals surface area (Å²) in [6.07, 6.45) is 15.7. The molecule has 0 aromatic rings. The van der Waals surface area contributed by atoms with Crippen LogP contribution in [0.25, 0.3) is 0 Å². The third kappa shape index (κ3) is 20.9. The highest BCUT2D eigenvalue weighted by Gasteiger charge is 2.62. The minimum atomic E-state index is -2.41. The third-order valence-corrected chi connectivity index (χ3v) is 29.8. The number of hydrogen-bond donors (Lipinski definition) is 7. The van der Waals surface area contributed by atoms with E-state index in [1.54, 1.807) is 28.7 Å². The molecule has 6 fully saturated rings. The molecule has 1 aliphatic carbocycles. The summed E-state index contributed by atoms with van der Waals surface area (Å²) in [6, 6.07) is -0.144. The second kappa shape index (κ2) is 35.9. The lowest BCUT2D eigenvalue weighted by molar-refractivity contribution is -0.340. The second-order valence-electron chi connectivity index (χ2n) is 29.8. The van der Waals surface area contributed by atoms with Crippen LogP contribution in [0.15, 0.2) is 47.1 Å². The maximum atomic E-state index is 15.0. The highest BCUT2D eigenvalue weighted by molar-refractivity contribution is 8.76. The average Bonchev–Trinajstić information content (AvgIpc) is 1.48. The molecule has 0 aromatic carbocycles. The lowest BCUT2D eigenvalue weighted by Gasteiger charge is -2.51. The van der Waals surface area contributed by atoms with Crippen LogP contribution in [-0.4, -0.2) is 190 Å². The molecule has 0 aromatic heterocycles. The van der Waals surface area contributed by atoms with Crippen LogP contribution in [0, 0.1) is 23.7 Å². The number of nitrogens with one attached hydrogen (secondary N) is 6. The highest BCUT2D eigenvalue weighted by atomic mass is 33.1. The SMILES string of the molecule is CCC(C)[C@H]1O[C@]2(CC[C@@H]1C)C[C@@H]1C[C@@H](C/C=C(\C)C(O[C@H]3C[C@H](OC)[C@@H](NC(=O)CCNC(=O)CCCCCNC(=O)CCSSCCNC(=O)CCCC[C@@H]4SCC5NC(=O)NC54)[C@H](C)O3)[C@@H](C)/C=C/C=C3\COC4[C@H](O[Si](C)(C)C(C)(C)C)C(C)=C[C@@H](C(=O)O1)[C@]34O)O2. The molecule has 542 valence electrons. The van der Waals surface area contributed by atoms with Gasteiger partial charge in [0, 0.05) is 107 Å². The Morgan fingerprint density at radius 2 is 1.58 bits per heavy atom. The van der Waals surface area contributed by atoms with Crippen molar-refractivity contribution in [1.82, 2.24) is 31.9 Å². The zero-order chi connectivity index (χ0) is 69.5. The van der Waals surface area contributed by atoms with Gasteiger partial charge in [0.15, 0.2) is 20.4 Å². The van der Waals surface area contributed by atoms with Crippen LogP contribution in [-0.2, 0) is 61.6 Å². The van der Waals surface area contributed by atoms with Crippen molar-refractivity contribution in [2.75, 3.05) is 50.6 Å². The summed E-state index contributed by atoms with van der Waals surface area (Å²) in [7, 11) is 2.47. The number of carbonyl (C=O) groups excluding carboxylic acids is 6. The average molecular weight is 1420 g/mol. The number of ether oxygens (including phenoxy) is 7. The monoisotopic (exact) mass is 1420 g/mol. The Kier molecular flexibility index (Phi) is 29.3. The minimum Gasteiger partial charge on any atom is -0.462 e. The molecule has 0 radical (unpaired) electrons. The van der Waals surface area contributed by atoms with Crippen molar-refractivity contribution in [3.8, 4) is 0 Å². The van der Waals surface area contributed by atoms with Crippen molar-refractivity contribution >= 4 is 77.3 Å². The second-order valence-corrected chi connectivity index (χ2v) is 38.5. The molecule has 8 aliphatic rings. The van der Waals surface area contributed by atoms with Gasteiger partial charge in [0.05, 0.1) is 61.4 Å². The van der Waals surface area contributed by atoms with Crippen molar-refractivity contribution in [3.63, 3.8) is 0 Å². The molecule has 6 amide bonds. The molecule has 0 saturated carbocycles. The normalized spacial score (nSPS) is 35.7. The van der Waals surface area contributed by atoms with E-state index >= 15 is 0 Å². The topological polar surface area (TPSA) is 269 Å². The maximum Gasteiger partial charge on any atom is 0.316 e. The molecule has 1 spiro atoms. The summed E-state index contributed by atoms with van der Waals surface area (Å²) in [5.41, 5.74) is 0.581. The summed E-state index contributed by atoms with van der Waals surface area (Å²) >= 11 is 1.89. The van der Waals surface area contributed by atoms with Crippen LogP contribution in [0.3, 0.4) is 0 Å². The fraction of sp³-hybridized carbons (Fsp3) is 0.803. The minimum absolute atomic E-state index is 0.00972. The third-order valence-electron chi connectivity index (χ3n) is 21.4. The maximum absolute atomic E-state index is 15.0.